The van der Waals surface area contributed by atoms with E-state index in [1.807, 2.05) is 0 Å². The maximum Gasteiger partial charge on any atom is 0.417 e. The molecule has 0 bridgehead atoms. The third-order valence-corrected chi connectivity index (χ3v) is 4.03. The van der Waals surface area contributed by atoms with Gasteiger partial charge >= 0.3 is 6.18 Å². The van der Waals surface area contributed by atoms with E-state index in [2.05, 4.69) is 10.1 Å². The van der Waals surface area contributed by atoms with Crippen molar-refractivity contribution in [1.82, 2.24) is 9.66 Å². The number of anilines is 1. The number of alkyl halides is 3. The smallest absolute Gasteiger partial charge is 0.368 e. The maximum absolute atomic E-state index is 12.9. The molecule has 0 aliphatic heterocycles. The lowest BCUT2D eigenvalue weighted by atomic mass is 10.1. The fraction of sp³-hybridized carbons (Fsp3) is 0.143. The number of thiophene rings is 1. The summed E-state index contributed by atoms with van der Waals surface area (Å²) in [6.45, 7) is 1.77. The largest absolute Gasteiger partial charge is 0.417 e. The molecule has 0 aliphatic carbocycles. The molecular weight excluding hydrogens is 313 g/mol. The normalized spacial score (nSPS) is 12.5. The Morgan fingerprint density at radius 3 is 2.77 bits per heavy atom. The van der Waals surface area contributed by atoms with Gasteiger partial charge in [-0.1, -0.05) is 6.07 Å². The summed E-state index contributed by atoms with van der Waals surface area (Å²) in [7, 11) is 0. The van der Waals surface area contributed by atoms with Crippen LogP contribution < -0.4 is 5.73 Å². The van der Waals surface area contributed by atoms with Gasteiger partial charge in [0.2, 0.25) is 5.95 Å². The number of nitrogen functional groups attached to an aromatic ring is 1. The quantitative estimate of drug-likeness (QED) is 0.727. The number of hydrogen-bond acceptors (Lipinski definition) is 4. The third-order valence-electron chi connectivity index (χ3n) is 3.07. The molecule has 0 atom stereocenters. The van der Waals surface area contributed by atoms with E-state index in [9.17, 15) is 13.2 Å². The average Bonchev–Trinajstić information content (AvgIpc) is 2.98. The molecule has 0 amide bonds. The molecule has 0 saturated carbocycles. The Bertz CT molecular complexity index is 861. The number of hydrogen-bond donors (Lipinski definition) is 1. The van der Waals surface area contributed by atoms with Gasteiger partial charge in [-0.3, -0.25) is 0 Å². The van der Waals surface area contributed by atoms with Crippen molar-refractivity contribution >= 4 is 33.6 Å². The van der Waals surface area contributed by atoms with Crippen molar-refractivity contribution in [3.63, 3.8) is 0 Å². The highest BCUT2D eigenvalue weighted by molar-refractivity contribution is 7.17. The lowest BCUT2D eigenvalue weighted by Crippen LogP contribution is -2.03. The predicted molar refractivity (Wildman–Crippen MR) is 81.2 cm³/mol. The lowest BCUT2D eigenvalue weighted by molar-refractivity contribution is -0.136. The van der Waals surface area contributed by atoms with Crippen molar-refractivity contribution in [1.29, 1.82) is 0 Å². The summed E-state index contributed by atoms with van der Waals surface area (Å²) in [4.78, 5) is 3.99. The van der Waals surface area contributed by atoms with Gasteiger partial charge in [0.1, 0.15) is 0 Å². The molecule has 2 heterocycles. The third kappa shape index (κ3) is 2.69. The molecule has 22 heavy (non-hydrogen) atoms. The van der Waals surface area contributed by atoms with Gasteiger partial charge in [-0.25, -0.2) is 9.66 Å². The zero-order chi connectivity index (χ0) is 15.9. The summed E-state index contributed by atoms with van der Waals surface area (Å²) in [5, 5.41) is 5.41. The molecule has 1 aromatic carbocycles. The number of nitrogens with two attached hydrogens (primary N) is 1. The second-order valence-corrected chi connectivity index (χ2v) is 5.64. The molecule has 2 N–H and O–H groups in total. The summed E-state index contributed by atoms with van der Waals surface area (Å²) < 4.78 is 40.8. The Morgan fingerprint density at radius 2 is 2.14 bits per heavy atom. The van der Waals surface area contributed by atoms with Crippen LogP contribution in [-0.2, 0) is 6.18 Å². The van der Waals surface area contributed by atoms with Gasteiger partial charge in [-0.2, -0.15) is 18.3 Å². The standard InChI is InChI=1S/C14H11F3N4S/c1-8-6-21(13(18)20-8)19-5-9-2-3-12-10(4-9)11(7-22-12)14(15,16)17/h2-7H,1H3,(H2,18,20). The topological polar surface area (TPSA) is 56.2 Å². The number of fused-ring (bicyclic) bond motifs is 1. The van der Waals surface area contributed by atoms with Crippen LogP contribution in [0.3, 0.4) is 0 Å². The first-order valence-corrected chi connectivity index (χ1v) is 7.17. The molecule has 0 radical (unpaired) electrons. The van der Waals surface area contributed by atoms with E-state index >= 15 is 0 Å². The minimum absolute atomic E-state index is 0.177. The Kier molecular flexibility index (Phi) is 3.40. The lowest BCUT2D eigenvalue weighted by Gasteiger charge is -2.04. The van der Waals surface area contributed by atoms with E-state index in [1.165, 1.54) is 17.0 Å². The molecule has 114 valence electrons. The molecule has 0 unspecified atom stereocenters. The van der Waals surface area contributed by atoms with Crippen molar-refractivity contribution in [2.75, 3.05) is 5.73 Å². The summed E-state index contributed by atoms with van der Waals surface area (Å²) in [5.74, 6) is 0.223. The van der Waals surface area contributed by atoms with Crippen LogP contribution in [0.4, 0.5) is 19.1 Å². The fourth-order valence-corrected chi connectivity index (χ4v) is 3.02. The van der Waals surface area contributed by atoms with Crippen LogP contribution in [-0.4, -0.2) is 15.9 Å². The average molecular weight is 324 g/mol. The van der Waals surface area contributed by atoms with Gasteiger partial charge in [-0.05, 0) is 24.6 Å². The van der Waals surface area contributed by atoms with E-state index in [0.717, 1.165) is 16.7 Å². The van der Waals surface area contributed by atoms with Gasteiger partial charge in [0, 0.05) is 15.5 Å². The molecule has 8 heteroatoms. The SMILES string of the molecule is Cc1cn(N=Cc2ccc3scc(C(F)(F)F)c3c2)c(N)n1. The molecule has 2 aromatic heterocycles. The molecule has 3 aromatic rings. The van der Waals surface area contributed by atoms with Gasteiger partial charge in [0.15, 0.2) is 0 Å². The number of halogens is 3. The molecule has 0 saturated heterocycles. The highest BCUT2D eigenvalue weighted by Gasteiger charge is 2.33. The molecule has 3 rings (SSSR count). The van der Waals surface area contributed by atoms with Crippen LogP contribution in [0.25, 0.3) is 10.1 Å². The Morgan fingerprint density at radius 1 is 1.36 bits per heavy atom. The minimum atomic E-state index is -4.36. The molecule has 0 aliphatic rings. The van der Waals surface area contributed by atoms with Gasteiger partial charge < -0.3 is 5.73 Å². The molecule has 4 nitrogen and oxygen atoms in total. The van der Waals surface area contributed by atoms with Crippen molar-refractivity contribution in [3.8, 4) is 0 Å². The number of nitrogens with zero attached hydrogens (tertiary/aromatic N) is 3. The van der Waals surface area contributed by atoms with E-state index in [0.29, 0.717) is 16.0 Å². The zero-order valence-corrected chi connectivity index (χ0v) is 12.2. The number of aryl methyl sites for hydroxylation is 1. The number of aromatic nitrogens is 2. The van der Waals surface area contributed by atoms with Crippen LogP contribution in [0, 0.1) is 6.92 Å². The van der Waals surface area contributed by atoms with E-state index < -0.39 is 11.7 Å². The van der Waals surface area contributed by atoms with Crippen LogP contribution in [0.5, 0.6) is 0 Å². The monoisotopic (exact) mass is 324 g/mol. The molecular formula is C14H11F3N4S. The summed E-state index contributed by atoms with van der Waals surface area (Å²) in [6, 6.07) is 4.83. The first kappa shape index (κ1) is 14.6. The Labute approximate surface area is 127 Å². The highest BCUT2D eigenvalue weighted by atomic mass is 32.1. The maximum atomic E-state index is 12.9. The summed E-state index contributed by atoms with van der Waals surface area (Å²) in [5.41, 5.74) is 6.30. The second-order valence-electron chi connectivity index (χ2n) is 4.73. The van der Waals surface area contributed by atoms with Gasteiger partial charge in [0.05, 0.1) is 23.7 Å². The first-order chi connectivity index (χ1) is 10.3. The summed E-state index contributed by atoms with van der Waals surface area (Å²) >= 11 is 1.07. The predicted octanol–water partition coefficient (Wildman–Crippen LogP) is 3.89. The van der Waals surface area contributed by atoms with Gasteiger partial charge in [0.25, 0.3) is 0 Å². The number of rotatable bonds is 2. The van der Waals surface area contributed by atoms with Crippen molar-refractivity contribution in [3.05, 3.63) is 46.6 Å². The van der Waals surface area contributed by atoms with Crippen LogP contribution in [0.1, 0.15) is 16.8 Å². The zero-order valence-electron chi connectivity index (χ0n) is 11.4. The molecule has 0 spiro atoms. The van der Waals surface area contributed by atoms with E-state index in [-0.39, 0.29) is 11.3 Å². The minimum Gasteiger partial charge on any atom is -0.368 e. The Hall–Kier alpha value is -2.35. The first-order valence-electron chi connectivity index (χ1n) is 6.29. The number of imidazole rings is 1. The van der Waals surface area contributed by atoms with Crippen molar-refractivity contribution in [2.45, 2.75) is 13.1 Å². The fourth-order valence-electron chi connectivity index (χ4n) is 2.07. The number of benzene rings is 1. The summed E-state index contributed by atoms with van der Waals surface area (Å²) in [6.07, 6.45) is -1.27. The second kappa shape index (κ2) is 5.13. The van der Waals surface area contributed by atoms with Gasteiger partial charge in [-0.15, -0.1) is 11.3 Å². The van der Waals surface area contributed by atoms with Crippen LogP contribution in [0.2, 0.25) is 0 Å². The van der Waals surface area contributed by atoms with Crippen LogP contribution >= 0.6 is 11.3 Å². The van der Waals surface area contributed by atoms with Crippen molar-refractivity contribution < 1.29 is 13.2 Å². The van der Waals surface area contributed by atoms with Crippen LogP contribution in [0.15, 0.2) is 34.9 Å². The van der Waals surface area contributed by atoms with Crippen molar-refractivity contribution in [2.24, 2.45) is 5.10 Å². The Balaban J connectivity index is 2.00. The van der Waals surface area contributed by atoms with E-state index in [4.69, 9.17) is 5.73 Å². The van der Waals surface area contributed by atoms with E-state index in [1.54, 1.807) is 25.3 Å². The highest BCUT2D eigenvalue weighted by Crippen LogP contribution is 2.38. The molecule has 0 fully saturated rings.